The largest absolute Gasteiger partial charge is 0.497 e. The van der Waals surface area contributed by atoms with Crippen molar-refractivity contribution in [2.45, 2.75) is 25.7 Å². The maximum Gasteiger partial charge on any atom is 0.251 e. The van der Waals surface area contributed by atoms with Gasteiger partial charge in [0.1, 0.15) is 16.4 Å². The minimum Gasteiger partial charge on any atom is -0.497 e. The molecule has 30 heavy (non-hydrogen) atoms. The first-order chi connectivity index (χ1) is 14.5. The van der Waals surface area contributed by atoms with Crippen LogP contribution in [0.5, 0.6) is 5.75 Å². The summed E-state index contributed by atoms with van der Waals surface area (Å²) < 4.78 is 5.17. The van der Waals surface area contributed by atoms with Gasteiger partial charge in [-0.2, -0.15) is 0 Å². The summed E-state index contributed by atoms with van der Waals surface area (Å²) in [4.78, 5) is 33.4. The molecule has 1 unspecified atom stereocenters. The summed E-state index contributed by atoms with van der Waals surface area (Å²) in [5.41, 5.74) is 2.68. The van der Waals surface area contributed by atoms with Crippen LogP contribution in [0.4, 0.5) is 5.00 Å². The Hall–Kier alpha value is -2.41. The molecule has 2 N–H and O–H groups in total. The number of nitrogens with one attached hydrogen (secondary N) is 1. The van der Waals surface area contributed by atoms with Crippen LogP contribution in [0.25, 0.3) is 0 Å². The number of anilines is 1. The molecule has 0 fully saturated rings. The van der Waals surface area contributed by atoms with Crippen LogP contribution in [-0.2, 0) is 11.2 Å². The van der Waals surface area contributed by atoms with Gasteiger partial charge >= 0.3 is 0 Å². The Balaban J connectivity index is 1.71. The molecule has 2 aromatic rings. The average molecular weight is 445 g/mol. The summed E-state index contributed by atoms with van der Waals surface area (Å²) >= 11 is 1.31. The molecule has 9 heteroatoms. The lowest BCUT2D eigenvalue weighted by molar-refractivity contribution is -0.113. The Kier molecular flexibility index (Phi) is 7.85. The van der Waals surface area contributed by atoms with Gasteiger partial charge in [-0.3, -0.25) is 14.6 Å². The van der Waals surface area contributed by atoms with Gasteiger partial charge in [0, 0.05) is 24.1 Å². The second-order valence-corrected chi connectivity index (χ2v) is 8.34. The number of methoxy groups -OCH3 is 1. The lowest BCUT2D eigenvalue weighted by atomic mass is 9.97. The number of aliphatic hydroxyl groups excluding tert-OH is 1. The first-order valence-corrected chi connectivity index (χ1v) is 11.0. The first-order valence-electron chi connectivity index (χ1n) is 9.56. The second-order valence-electron chi connectivity index (χ2n) is 6.73. The number of allylic oxidation sites excluding steroid dienone is 1. The molecular formula is C21H24N3O4PS. The minimum atomic E-state index is -0.265. The topological polar surface area (TPSA) is 101 Å². The molecule has 1 aliphatic carbocycles. The highest BCUT2D eigenvalue weighted by atomic mass is 32.1. The predicted molar refractivity (Wildman–Crippen MR) is 122 cm³/mol. The van der Waals surface area contributed by atoms with E-state index in [1.165, 1.54) is 11.3 Å². The molecule has 1 aliphatic rings. The molecule has 1 heterocycles. The molecule has 0 spiro atoms. The third-order valence-electron chi connectivity index (χ3n) is 4.64. The van der Waals surface area contributed by atoms with Crippen LogP contribution in [0.1, 0.15) is 40.3 Å². The van der Waals surface area contributed by atoms with Gasteiger partial charge in [-0.1, -0.05) is 27.4 Å². The van der Waals surface area contributed by atoms with Crippen molar-refractivity contribution in [2.75, 3.05) is 25.6 Å². The van der Waals surface area contributed by atoms with Crippen LogP contribution in [0.15, 0.2) is 40.9 Å². The summed E-state index contributed by atoms with van der Waals surface area (Å²) in [5, 5.41) is 12.9. The molecule has 3 rings (SSSR count). The molecule has 1 amide bonds. The standard InChI is InChI=1S/C21H24N3O4PS/c1-28-16-8-2-13(3-9-16)12-17-23-18(21(27)29)20(30-17)24-19(26)14-4-6-15(7-5-14)22-10-11-25/h2-4,8-9,25H,5-7,10-12,29H2,1H3,(H,24,26). The molecule has 1 aromatic heterocycles. The number of carbonyl (C=O) groups excluding carboxylic acids is 2. The lowest BCUT2D eigenvalue weighted by Gasteiger charge is -2.14. The molecule has 1 atom stereocenters. The fourth-order valence-electron chi connectivity index (χ4n) is 3.08. The van der Waals surface area contributed by atoms with Crippen LogP contribution in [0.2, 0.25) is 0 Å². The Morgan fingerprint density at radius 2 is 2.07 bits per heavy atom. The van der Waals surface area contributed by atoms with Gasteiger partial charge in [-0.05, 0) is 30.5 Å². The monoisotopic (exact) mass is 445 g/mol. The summed E-state index contributed by atoms with van der Waals surface area (Å²) in [7, 11) is 3.74. The number of thiazole rings is 1. The highest BCUT2D eigenvalue weighted by Gasteiger charge is 2.21. The fourth-order valence-corrected chi connectivity index (χ4v) is 4.39. The average Bonchev–Trinajstić information content (AvgIpc) is 3.15. The van der Waals surface area contributed by atoms with Crippen molar-refractivity contribution < 1.29 is 19.4 Å². The molecule has 0 bridgehead atoms. The Labute approximate surface area is 181 Å². The lowest BCUT2D eigenvalue weighted by Crippen LogP contribution is -2.19. The van der Waals surface area contributed by atoms with Crippen LogP contribution in [0.3, 0.4) is 0 Å². The van der Waals surface area contributed by atoms with Crippen molar-refractivity contribution in [1.29, 1.82) is 0 Å². The van der Waals surface area contributed by atoms with Crippen molar-refractivity contribution in [3.8, 4) is 5.75 Å². The number of aromatic nitrogens is 1. The van der Waals surface area contributed by atoms with E-state index in [1.807, 2.05) is 30.3 Å². The molecule has 0 saturated heterocycles. The Morgan fingerprint density at radius 1 is 1.30 bits per heavy atom. The molecule has 158 valence electrons. The number of benzene rings is 1. The number of hydrogen-bond donors (Lipinski definition) is 2. The molecular weight excluding hydrogens is 421 g/mol. The number of ether oxygens (including phenoxy) is 1. The van der Waals surface area contributed by atoms with Crippen molar-refractivity contribution in [2.24, 2.45) is 4.99 Å². The van der Waals surface area contributed by atoms with E-state index in [0.717, 1.165) is 22.0 Å². The van der Waals surface area contributed by atoms with E-state index in [4.69, 9.17) is 9.84 Å². The molecule has 0 aliphatic heterocycles. The zero-order valence-electron chi connectivity index (χ0n) is 16.7. The van der Waals surface area contributed by atoms with E-state index in [9.17, 15) is 9.59 Å². The van der Waals surface area contributed by atoms with E-state index < -0.39 is 0 Å². The molecule has 7 nitrogen and oxygen atoms in total. The fraction of sp³-hybridized carbons (Fsp3) is 0.333. The predicted octanol–water partition coefficient (Wildman–Crippen LogP) is 3.24. The number of nitrogens with zero attached hydrogens (tertiary/aromatic N) is 2. The van der Waals surface area contributed by atoms with E-state index >= 15 is 0 Å². The normalized spacial score (nSPS) is 15.0. The van der Waals surface area contributed by atoms with Crippen LogP contribution < -0.4 is 10.1 Å². The maximum absolute atomic E-state index is 12.7. The van der Waals surface area contributed by atoms with Crippen LogP contribution >= 0.6 is 20.6 Å². The zero-order valence-corrected chi connectivity index (χ0v) is 18.7. The number of carbonyl (C=O) groups is 2. The molecule has 0 radical (unpaired) electrons. The van der Waals surface area contributed by atoms with Crippen molar-refractivity contribution in [3.63, 3.8) is 0 Å². The number of hydrogen-bond acceptors (Lipinski definition) is 7. The third kappa shape index (κ3) is 5.81. The molecule has 0 saturated carbocycles. The van der Waals surface area contributed by atoms with Crippen molar-refractivity contribution >= 4 is 42.7 Å². The zero-order chi connectivity index (χ0) is 21.5. The third-order valence-corrected chi connectivity index (χ3v) is 5.88. The maximum atomic E-state index is 12.7. The van der Waals surface area contributed by atoms with Gasteiger partial charge in [-0.25, -0.2) is 4.98 Å². The van der Waals surface area contributed by atoms with Gasteiger partial charge in [0.25, 0.3) is 5.91 Å². The SMILES string of the molecule is COc1ccc(Cc2nc(C(=O)P)c(NC(=O)C3=CCC(=NCCO)CC3)s2)cc1. The number of amides is 1. The summed E-state index contributed by atoms with van der Waals surface area (Å²) in [6.45, 7) is 0.415. The van der Waals surface area contributed by atoms with Gasteiger partial charge in [-0.15, -0.1) is 11.3 Å². The van der Waals surface area contributed by atoms with E-state index in [0.29, 0.717) is 42.8 Å². The van der Waals surface area contributed by atoms with Gasteiger partial charge in [0.15, 0.2) is 5.52 Å². The number of rotatable bonds is 8. The quantitative estimate of drug-likeness (QED) is 0.608. The summed E-state index contributed by atoms with van der Waals surface area (Å²) in [6, 6.07) is 7.65. The van der Waals surface area contributed by atoms with E-state index in [-0.39, 0.29) is 23.7 Å². The second kappa shape index (κ2) is 10.6. The molecule has 1 aromatic carbocycles. The van der Waals surface area contributed by atoms with Crippen LogP contribution in [-0.4, -0.2) is 47.5 Å². The van der Waals surface area contributed by atoms with E-state index in [2.05, 4.69) is 24.5 Å². The smallest absolute Gasteiger partial charge is 0.251 e. The summed E-state index contributed by atoms with van der Waals surface area (Å²) in [6.07, 6.45) is 4.29. The first kappa shape index (κ1) is 22.3. The Bertz CT molecular complexity index is 983. The van der Waals surface area contributed by atoms with Gasteiger partial charge < -0.3 is 15.2 Å². The summed E-state index contributed by atoms with van der Waals surface area (Å²) in [5.74, 6) is 0.556. The number of aliphatic hydroxyl groups is 1. The van der Waals surface area contributed by atoms with E-state index in [1.54, 1.807) is 7.11 Å². The van der Waals surface area contributed by atoms with Gasteiger partial charge in [0.2, 0.25) is 0 Å². The Morgan fingerprint density at radius 3 is 2.67 bits per heavy atom. The highest BCUT2D eigenvalue weighted by Crippen LogP contribution is 2.30. The highest BCUT2D eigenvalue weighted by molar-refractivity contribution is 7.41. The minimum absolute atomic E-state index is 0.0244. The number of aliphatic imine (C=N–C) groups is 1. The van der Waals surface area contributed by atoms with Gasteiger partial charge in [0.05, 0.1) is 25.3 Å². The van der Waals surface area contributed by atoms with Crippen molar-refractivity contribution in [3.05, 3.63) is 52.2 Å². The van der Waals surface area contributed by atoms with Crippen molar-refractivity contribution in [1.82, 2.24) is 4.98 Å². The van der Waals surface area contributed by atoms with Crippen LogP contribution in [0, 0.1) is 0 Å².